The largest absolute Gasteiger partial charge is 0.496 e. The van der Waals surface area contributed by atoms with Gasteiger partial charge in [0.25, 0.3) is 5.91 Å². The van der Waals surface area contributed by atoms with E-state index in [0.29, 0.717) is 31.1 Å². The van der Waals surface area contributed by atoms with E-state index in [0.717, 1.165) is 28.9 Å². The molecular formula is C27H32N4O4. The van der Waals surface area contributed by atoms with Gasteiger partial charge >= 0.3 is 0 Å². The lowest BCUT2D eigenvalue weighted by Gasteiger charge is -2.11. The molecule has 0 saturated carbocycles. The lowest BCUT2D eigenvalue weighted by molar-refractivity contribution is -0.111. The molecule has 8 heteroatoms. The lowest BCUT2D eigenvalue weighted by Crippen LogP contribution is -2.26. The Morgan fingerprint density at radius 1 is 1.11 bits per heavy atom. The number of aryl methyl sites for hydroxylation is 2. The first kappa shape index (κ1) is 25.6. The van der Waals surface area contributed by atoms with Crippen LogP contribution in [-0.2, 0) is 17.9 Å². The molecule has 184 valence electrons. The smallest absolute Gasteiger partial charge is 0.273 e. The molecule has 0 atom stereocenters. The van der Waals surface area contributed by atoms with Crippen molar-refractivity contribution in [2.45, 2.75) is 40.3 Å². The first-order valence-corrected chi connectivity index (χ1v) is 11.6. The molecule has 0 aliphatic carbocycles. The van der Waals surface area contributed by atoms with Gasteiger partial charge in [-0.2, -0.15) is 5.10 Å². The zero-order valence-corrected chi connectivity index (χ0v) is 20.6. The van der Waals surface area contributed by atoms with E-state index in [9.17, 15) is 9.59 Å². The van der Waals surface area contributed by atoms with E-state index in [4.69, 9.17) is 9.47 Å². The first-order chi connectivity index (χ1) is 16.9. The van der Waals surface area contributed by atoms with Gasteiger partial charge in [0.15, 0.2) is 5.69 Å². The Bertz CT molecular complexity index is 1180. The predicted molar refractivity (Wildman–Crippen MR) is 137 cm³/mol. The summed E-state index contributed by atoms with van der Waals surface area (Å²) < 4.78 is 13.0. The molecule has 3 aromatic rings. The normalized spacial score (nSPS) is 10.9. The van der Waals surface area contributed by atoms with Gasteiger partial charge in [0.05, 0.1) is 12.8 Å². The van der Waals surface area contributed by atoms with Crippen molar-refractivity contribution in [1.82, 2.24) is 15.1 Å². The Kier molecular flexibility index (Phi) is 9.06. The summed E-state index contributed by atoms with van der Waals surface area (Å²) in [5.74, 6) is 0.794. The summed E-state index contributed by atoms with van der Waals surface area (Å²) >= 11 is 0. The van der Waals surface area contributed by atoms with Crippen molar-refractivity contribution >= 4 is 23.6 Å². The van der Waals surface area contributed by atoms with E-state index in [2.05, 4.69) is 15.7 Å². The molecule has 0 radical (unpaired) electrons. The van der Waals surface area contributed by atoms with Gasteiger partial charge in [-0.05, 0) is 56.2 Å². The van der Waals surface area contributed by atoms with Crippen molar-refractivity contribution in [3.63, 3.8) is 0 Å². The number of carbonyl (C=O) groups excluding carboxylic acids is 2. The number of aromatic nitrogens is 2. The molecule has 0 fully saturated rings. The van der Waals surface area contributed by atoms with Gasteiger partial charge in [-0.3, -0.25) is 14.3 Å². The van der Waals surface area contributed by atoms with E-state index in [1.165, 1.54) is 6.08 Å². The van der Waals surface area contributed by atoms with Crippen LogP contribution in [0.1, 0.15) is 47.4 Å². The van der Waals surface area contributed by atoms with Crippen LogP contribution in [0.5, 0.6) is 11.5 Å². The van der Waals surface area contributed by atoms with Crippen LogP contribution in [-0.4, -0.2) is 35.2 Å². The summed E-state index contributed by atoms with van der Waals surface area (Å²) in [5, 5.41) is 9.83. The molecule has 35 heavy (non-hydrogen) atoms. The van der Waals surface area contributed by atoms with Crippen LogP contribution in [0.15, 0.2) is 54.7 Å². The summed E-state index contributed by atoms with van der Waals surface area (Å²) in [7, 11) is 1.61. The fourth-order valence-electron chi connectivity index (χ4n) is 3.32. The highest BCUT2D eigenvalue weighted by Crippen LogP contribution is 2.23. The van der Waals surface area contributed by atoms with Crippen LogP contribution in [0, 0.1) is 6.92 Å². The van der Waals surface area contributed by atoms with Crippen LogP contribution in [0.3, 0.4) is 0 Å². The summed E-state index contributed by atoms with van der Waals surface area (Å²) in [5.41, 5.74) is 3.40. The average molecular weight is 477 g/mol. The quantitative estimate of drug-likeness (QED) is 0.395. The SMILES string of the molecule is CCCNC(=O)c1nn(CC)cc1NC(=O)/C=C/c1ccc(OC)c(COc2ccc(C)cc2)c1. The van der Waals surface area contributed by atoms with Gasteiger partial charge in [0.1, 0.15) is 18.1 Å². The zero-order chi connectivity index (χ0) is 25.2. The number of methoxy groups -OCH3 is 1. The molecule has 0 spiro atoms. The molecular weight excluding hydrogens is 444 g/mol. The van der Waals surface area contributed by atoms with E-state index in [1.54, 1.807) is 24.1 Å². The molecule has 8 nitrogen and oxygen atoms in total. The third-order valence-electron chi connectivity index (χ3n) is 5.24. The maximum absolute atomic E-state index is 12.6. The molecule has 0 saturated heterocycles. The maximum atomic E-state index is 12.6. The van der Waals surface area contributed by atoms with Gasteiger partial charge < -0.3 is 20.1 Å². The lowest BCUT2D eigenvalue weighted by atomic mass is 10.1. The Balaban J connectivity index is 1.70. The van der Waals surface area contributed by atoms with E-state index < -0.39 is 0 Å². The van der Waals surface area contributed by atoms with Crippen molar-refractivity contribution in [3.8, 4) is 11.5 Å². The zero-order valence-electron chi connectivity index (χ0n) is 20.6. The highest BCUT2D eigenvalue weighted by molar-refractivity contribution is 6.06. The molecule has 2 N–H and O–H groups in total. The van der Waals surface area contributed by atoms with Crippen molar-refractivity contribution in [1.29, 1.82) is 0 Å². The number of hydrogen-bond donors (Lipinski definition) is 2. The number of amides is 2. The number of hydrogen-bond acceptors (Lipinski definition) is 5. The molecule has 2 aromatic carbocycles. The highest BCUT2D eigenvalue weighted by atomic mass is 16.5. The van der Waals surface area contributed by atoms with Gasteiger partial charge in [0.2, 0.25) is 5.91 Å². The van der Waals surface area contributed by atoms with Crippen molar-refractivity contribution in [2.24, 2.45) is 0 Å². The molecule has 0 aliphatic heterocycles. The van der Waals surface area contributed by atoms with Gasteiger partial charge in [-0.1, -0.05) is 30.7 Å². The Morgan fingerprint density at radius 2 is 1.89 bits per heavy atom. The number of nitrogens with one attached hydrogen (secondary N) is 2. The minimum Gasteiger partial charge on any atom is -0.496 e. The third-order valence-corrected chi connectivity index (χ3v) is 5.24. The standard InChI is InChI=1S/C27H32N4O4/c1-5-15-28-27(33)26-23(17-31(6-2)30-26)29-25(32)14-10-20-9-13-24(34-4)21(16-20)18-35-22-11-7-19(3)8-12-22/h7-14,16-17H,5-6,15,18H2,1-4H3,(H,28,33)(H,29,32)/b14-10+. The highest BCUT2D eigenvalue weighted by Gasteiger charge is 2.17. The Hall–Kier alpha value is -4.07. The van der Waals surface area contributed by atoms with Crippen LogP contribution < -0.4 is 20.1 Å². The number of nitrogens with zero attached hydrogens (tertiary/aromatic N) is 2. The number of ether oxygens (including phenoxy) is 2. The second kappa shape index (κ2) is 12.4. The summed E-state index contributed by atoms with van der Waals surface area (Å²) in [4.78, 5) is 25.0. The summed E-state index contributed by atoms with van der Waals surface area (Å²) in [6.07, 6.45) is 5.58. The molecule has 2 amide bonds. The van der Waals surface area contributed by atoms with Crippen LogP contribution in [0.4, 0.5) is 5.69 Å². The van der Waals surface area contributed by atoms with Crippen molar-refractivity contribution < 1.29 is 19.1 Å². The molecule has 0 aliphatic rings. The van der Waals surface area contributed by atoms with E-state index in [1.807, 2.05) is 63.2 Å². The summed E-state index contributed by atoms with van der Waals surface area (Å²) in [6.45, 7) is 7.36. The fraction of sp³-hybridized carbons (Fsp3) is 0.296. The minimum absolute atomic E-state index is 0.196. The van der Waals surface area contributed by atoms with Crippen LogP contribution in [0.2, 0.25) is 0 Å². The number of anilines is 1. The van der Waals surface area contributed by atoms with Gasteiger partial charge in [0, 0.05) is 30.9 Å². The molecule has 0 bridgehead atoms. The Labute approximate surface area is 205 Å². The van der Waals surface area contributed by atoms with Crippen molar-refractivity contribution in [3.05, 3.63) is 77.1 Å². The van der Waals surface area contributed by atoms with Crippen LogP contribution in [0.25, 0.3) is 6.08 Å². The van der Waals surface area contributed by atoms with E-state index >= 15 is 0 Å². The topological polar surface area (TPSA) is 94.5 Å². The van der Waals surface area contributed by atoms with Crippen LogP contribution >= 0.6 is 0 Å². The van der Waals surface area contributed by atoms with Gasteiger partial charge in [-0.15, -0.1) is 0 Å². The minimum atomic E-state index is -0.363. The Morgan fingerprint density at radius 3 is 2.57 bits per heavy atom. The molecule has 1 aromatic heterocycles. The third kappa shape index (κ3) is 7.20. The fourth-order valence-corrected chi connectivity index (χ4v) is 3.32. The molecule has 1 heterocycles. The van der Waals surface area contributed by atoms with E-state index in [-0.39, 0.29) is 17.5 Å². The monoisotopic (exact) mass is 476 g/mol. The van der Waals surface area contributed by atoms with Gasteiger partial charge in [-0.25, -0.2) is 0 Å². The molecule has 3 rings (SSSR count). The maximum Gasteiger partial charge on any atom is 0.273 e. The molecule has 0 unspecified atom stereocenters. The number of benzene rings is 2. The first-order valence-electron chi connectivity index (χ1n) is 11.6. The summed E-state index contributed by atoms with van der Waals surface area (Å²) in [6, 6.07) is 13.4. The number of rotatable bonds is 11. The average Bonchev–Trinajstić information content (AvgIpc) is 3.28. The van der Waals surface area contributed by atoms with Crippen molar-refractivity contribution in [2.75, 3.05) is 19.0 Å². The second-order valence-corrected chi connectivity index (χ2v) is 8.00. The second-order valence-electron chi connectivity index (χ2n) is 8.00. The number of carbonyl (C=O) groups is 2. The predicted octanol–water partition coefficient (Wildman–Crippen LogP) is 4.59.